The zero-order chi connectivity index (χ0) is 16.4. The maximum atomic E-state index is 11.5. The molecule has 1 heterocycles. The fourth-order valence-corrected chi connectivity index (χ4v) is 5.05. The number of hydrogen-bond acceptors (Lipinski definition) is 4. The Labute approximate surface area is 146 Å². The average molecular weight is 425 g/mol. The molecular formula is C18H18IO4-. The molecule has 0 N–H and O–H groups in total. The van der Waals surface area contributed by atoms with E-state index < -0.39 is 11.8 Å². The van der Waals surface area contributed by atoms with Crippen LogP contribution in [0, 0.1) is 7.14 Å². The Morgan fingerprint density at radius 2 is 1.78 bits per heavy atom. The first-order chi connectivity index (χ1) is 10.9. The van der Waals surface area contributed by atoms with Crippen molar-refractivity contribution in [2.45, 2.75) is 26.4 Å². The monoisotopic (exact) mass is 425 g/mol. The van der Waals surface area contributed by atoms with Gasteiger partial charge in [0, 0.05) is 0 Å². The molecule has 0 atom stereocenters. The van der Waals surface area contributed by atoms with Gasteiger partial charge >= 0.3 is 146 Å². The van der Waals surface area contributed by atoms with Crippen molar-refractivity contribution >= 4 is 6.16 Å². The van der Waals surface area contributed by atoms with Gasteiger partial charge in [0.1, 0.15) is 0 Å². The molecule has 3 rings (SSSR count). The second kappa shape index (κ2) is 6.39. The second-order valence-corrected chi connectivity index (χ2v) is 8.95. The van der Waals surface area contributed by atoms with Crippen LogP contribution >= 0.6 is 0 Å². The van der Waals surface area contributed by atoms with Gasteiger partial charge in [0.2, 0.25) is 0 Å². The average Bonchev–Trinajstić information content (AvgIpc) is 2.83. The number of hydrogen-bond donors (Lipinski definition) is 0. The molecule has 1 aliphatic rings. The quantitative estimate of drug-likeness (QED) is 0.358. The standard InChI is InChI=1S/C18H18IO4/c1-18(2,3)23-17(20)22-11-21-12-8-9-16-14(10-12)13-6-4-5-7-15(13)19-16/h4-10H,11H2,1-3H3/q-1. The Morgan fingerprint density at radius 1 is 1.04 bits per heavy atom. The van der Waals surface area contributed by atoms with E-state index in [0.29, 0.717) is 5.75 Å². The number of ether oxygens (including phenoxy) is 3. The van der Waals surface area contributed by atoms with Crippen molar-refractivity contribution in [2.24, 2.45) is 0 Å². The first-order valence-electron chi connectivity index (χ1n) is 7.29. The third kappa shape index (κ3) is 3.96. The maximum absolute atomic E-state index is 11.5. The van der Waals surface area contributed by atoms with Gasteiger partial charge in [-0.2, -0.15) is 0 Å². The fraction of sp³-hybridized carbons (Fsp3) is 0.278. The summed E-state index contributed by atoms with van der Waals surface area (Å²) in [7, 11) is 0. The molecule has 0 fully saturated rings. The SMILES string of the molecule is CC(C)(C)OC(=O)OCOc1ccc2c(c1)-c1ccccc1[I-]2. The number of carbonyl (C=O) groups is 1. The van der Waals surface area contributed by atoms with Gasteiger partial charge in [-0.25, -0.2) is 0 Å². The number of carbonyl (C=O) groups excluding carboxylic acids is 1. The van der Waals surface area contributed by atoms with E-state index in [1.165, 1.54) is 18.3 Å². The summed E-state index contributed by atoms with van der Waals surface area (Å²) in [6.45, 7) is 5.20. The molecule has 0 aromatic heterocycles. The van der Waals surface area contributed by atoms with E-state index in [1.54, 1.807) is 20.8 Å². The molecule has 0 amide bonds. The van der Waals surface area contributed by atoms with Crippen molar-refractivity contribution in [1.82, 2.24) is 0 Å². The molecule has 23 heavy (non-hydrogen) atoms. The number of halogens is 1. The summed E-state index contributed by atoms with van der Waals surface area (Å²) < 4.78 is 18.3. The van der Waals surface area contributed by atoms with Crippen LogP contribution in [0.3, 0.4) is 0 Å². The fourth-order valence-electron chi connectivity index (χ4n) is 2.18. The molecule has 5 heteroatoms. The van der Waals surface area contributed by atoms with Crippen LogP contribution in [0.15, 0.2) is 42.5 Å². The van der Waals surface area contributed by atoms with Gasteiger partial charge < -0.3 is 0 Å². The molecule has 0 aliphatic carbocycles. The van der Waals surface area contributed by atoms with E-state index in [-0.39, 0.29) is 28.0 Å². The normalized spacial score (nSPS) is 12.7. The van der Waals surface area contributed by atoms with Gasteiger partial charge in [0.25, 0.3) is 0 Å². The molecule has 4 nitrogen and oxygen atoms in total. The van der Waals surface area contributed by atoms with E-state index in [0.717, 1.165) is 0 Å². The summed E-state index contributed by atoms with van der Waals surface area (Å²) in [5.41, 5.74) is 1.94. The van der Waals surface area contributed by atoms with Crippen molar-refractivity contribution in [3.63, 3.8) is 0 Å². The van der Waals surface area contributed by atoms with E-state index in [1.807, 2.05) is 12.1 Å². The van der Waals surface area contributed by atoms with Gasteiger partial charge in [0.15, 0.2) is 0 Å². The third-order valence-electron chi connectivity index (χ3n) is 3.10. The second-order valence-electron chi connectivity index (χ2n) is 6.09. The molecule has 0 saturated heterocycles. The van der Waals surface area contributed by atoms with Crippen molar-refractivity contribution < 1.29 is 40.2 Å². The van der Waals surface area contributed by atoms with Crippen LogP contribution in [-0.2, 0) is 9.47 Å². The van der Waals surface area contributed by atoms with Crippen LogP contribution in [0.1, 0.15) is 20.8 Å². The minimum atomic E-state index is -0.727. The van der Waals surface area contributed by atoms with E-state index in [9.17, 15) is 4.79 Å². The Kier molecular flexibility index (Phi) is 4.48. The van der Waals surface area contributed by atoms with Crippen LogP contribution in [0.25, 0.3) is 11.1 Å². The molecule has 0 radical (unpaired) electrons. The number of fused-ring (bicyclic) bond motifs is 3. The van der Waals surface area contributed by atoms with Crippen LogP contribution in [0.4, 0.5) is 4.79 Å². The predicted octanol–water partition coefficient (Wildman–Crippen LogP) is 1.08. The van der Waals surface area contributed by atoms with Gasteiger partial charge in [-0.1, -0.05) is 0 Å². The van der Waals surface area contributed by atoms with Crippen LogP contribution < -0.4 is 25.9 Å². The Balaban J connectivity index is 1.62. The Hall–Kier alpha value is -1.76. The summed E-state index contributed by atoms with van der Waals surface area (Å²) in [5.74, 6) is 0.688. The van der Waals surface area contributed by atoms with E-state index >= 15 is 0 Å². The summed E-state index contributed by atoms with van der Waals surface area (Å²) in [4.78, 5) is 11.5. The van der Waals surface area contributed by atoms with Crippen molar-refractivity contribution in [2.75, 3.05) is 6.79 Å². The predicted molar refractivity (Wildman–Crippen MR) is 82.1 cm³/mol. The summed E-state index contributed by atoms with van der Waals surface area (Å²) in [6, 6.07) is 14.5. The molecule has 0 unspecified atom stereocenters. The van der Waals surface area contributed by atoms with Gasteiger partial charge in [0.05, 0.1) is 0 Å². The van der Waals surface area contributed by atoms with Gasteiger partial charge in [-0.3, -0.25) is 0 Å². The first-order valence-corrected chi connectivity index (χ1v) is 9.45. The Morgan fingerprint density at radius 3 is 2.57 bits per heavy atom. The Bertz CT molecular complexity index is 734. The van der Waals surface area contributed by atoms with E-state index in [2.05, 4.69) is 30.3 Å². The van der Waals surface area contributed by atoms with Crippen LogP contribution in [-0.4, -0.2) is 18.5 Å². The van der Waals surface area contributed by atoms with Gasteiger partial charge in [-0.05, 0) is 0 Å². The van der Waals surface area contributed by atoms with Crippen molar-refractivity contribution in [3.05, 3.63) is 49.6 Å². The molecule has 0 bridgehead atoms. The number of rotatable bonds is 3. The molecule has 0 saturated carbocycles. The molecule has 0 spiro atoms. The zero-order valence-corrected chi connectivity index (χ0v) is 15.4. The van der Waals surface area contributed by atoms with Crippen LogP contribution in [0.5, 0.6) is 5.75 Å². The molecule has 2 aromatic carbocycles. The summed E-state index contributed by atoms with van der Waals surface area (Å²) >= 11 is -0.111. The zero-order valence-electron chi connectivity index (χ0n) is 13.3. The first kappa shape index (κ1) is 16.1. The molecule has 122 valence electrons. The molecule has 2 aromatic rings. The van der Waals surface area contributed by atoms with Crippen LogP contribution in [0.2, 0.25) is 0 Å². The minimum absolute atomic E-state index is 0.111. The van der Waals surface area contributed by atoms with Gasteiger partial charge in [-0.15, -0.1) is 0 Å². The van der Waals surface area contributed by atoms with Crippen molar-refractivity contribution in [3.8, 4) is 16.9 Å². The van der Waals surface area contributed by atoms with Crippen molar-refractivity contribution in [1.29, 1.82) is 0 Å². The van der Waals surface area contributed by atoms with E-state index in [4.69, 9.17) is 14.2 Å². The summed E-state index contributed by atoms with van der Waals surface area (Å²) in [6.07, 6.45) is -0.727. The topological polar surface area (TPSA) is 44.8 Å². The third-order valence-corrected chi connectivity index (χ3v) is 6.14. The summed E-state index contributed by atoms with van der Waals surface area (Å²) in [5, 5.41) is 0. The molecular weight excluding hydrogens is 407 g/mol. The molecule has 1 aliphatic heterocycles. The number of benzene rings is 2.